The van der Waals surface area contributed by atoms with Gasteiger partial charge in [-0.15, -0.1) is 0 Å². The summed E-state index contributed by atoms with van der Waals surface area (Å²) in [5.74, 6) is -0.487. The first-order chi connectivity index (χ1) is 13.5. The predicted molar refractivity (Wildman–Crippen MR) is 108 cm³/mol. The van der Waals surface area contributed by atoms with Crippen molar-refractivity contribution >= 4 is 21.9 Å². The number of aromatic amines is 1. The number of esters is 1. The first-order valence-corrected chi connectivity index (χ1v) is 9.99. The average molecular weight is 445 g/mol. The van der Waals surface area contributed by atoms with E-state index in [2.05, 4.69) is 55.3 Å². The van der Waals surface area contributed by atoms with Gasteiger partial charge in [-0.25, -0.2) is 9.89 Å². The lowest BCUT2D eigenvalue weighted by molar-refractivity contribution is 0.0599. The van der Waals surface area contributed by atoms with Crippen LogP contribution in [0.1, 0.15) is 34.8 Å². The van der Waals surface area contributed by atoms with Crippen LogP contribution in [0.4, 0.5) is 0 Å². The molecule has 0 spiro atoms. The van der Waals surface area contributed by atoms with Crippen LogP contribution < -0.4 is 5.56 Å². The van der Waals surface area contributed by atoms with Crippen molar-refractivity contribution in [2.24, 2.45) is 0 Å². The summed E-state index contributed by atoms with van der Waals surface area (Å²) in [5.41, 5.74) is 2.09. The van der Waals surface area contributed by atoms with Crippen LogP contribution in [-0.2, 0) is 11.3 Å². The number of piperidine rings is 1. The van der Waals surface area contributed by atoms with E-state index >= 15 is 0 Å². The molecule has 1 fully saturated rings. The van der Waals surface area contributed by atoms with Gasteiger partial charge in [0.25, 0.3) is 5.56 Å². The highest BCUT2D eigenvalue weighted by atomic mass is 79.9. The minimum atomic E-state index is -0.487. The summed E-state index contributed by atoms with van der Waals surface area (Å²) < 4.78 is 7.93. The zero-order chi connectivity index (χ0) is 19.7. The molecule has 1 saturated heterocycles. The van der Waals surface area contributed by atoms with Crippen molar-refractivity contribution in [3.8, 4) is 11.3 Å². The number of nitrogens with one attached hydrogen (secondary N) is 1. The van der Waals surface area contributed by atoms with Crippen molar-refractivity contribution in [1.82, 2.24) is 19.7 Å². The van der Waals surface area contributed by atoms with E-state index in [-0.39, 0.29) is 11.6 Å². The van der Waals surface area contributed by atoms with Crippen molar-refractivity contribution in [1.29, 1.82) is 0 Å². The van der Waals surface area contributed by atoms with Crippen LogP contribution in [0.5, 0.6) is 0 Å². The maximum absolute atomic E-state index is 12.1. The van der Waals surface area contributed by atoms with Gasteiger partial charge in [-0.3, -0.25) is 9.69 Å². The second-order valence-corrected chi connectivity index (χ2v) is 7.98. The third kappa shape index (κ3) is 3.74. The third-order valence-corrected chi connectivity index (χ3v) is 5.81. The third-order valence-electron chi connectivity index (χ3n) is 5.28. The first kappa shape index (κ1) is 18.9. The summed E-state index contributed by atoms with van der Waals surface area (Å²) in [7, 11) is 1.33. The number of nitrogens with zero attached hydrogens (tertiary/aromatic N) is 3. The Labute approximate surface area is 170 Å². The second-order valence-electron chi connectivity index (χ2n) is 7.06. The van der Waals surface area contributed by atoms with Crippen LogP contribution >= 0.6 is 15.9 Å². The standard InChI is InChI=1S/C20H21BrN4O3/c1-28-20(27)17-12-25(11-16-18(17)22-23-19(16)26)15-6-8-24(9-7-15)10-13-2-4-14(21)5-3-13/h2-5,11-12,15H,6-10H2,1H3,(H,23,26). The summed E-state index contributed by atoms with van der Waals surface area (Å²) in [6.45, 7) is 2.83. The average Bonchev–Trinajstić information content (AvgIpc) is 3.10. The van der Waals surface area contributed by atoms with E-state index in [0.29, 0.717) is 16.8 Å². The normalized spacial score (nSPS) is 15.8. The fourth-order valence-corrected chi connectivity index (χ4v) is 4.01. The lowest BCUT2D eigenvalue weighted by atomic mass is 10.0. The highest BCUT2D eigenvalue weighted by Crippen LogP contribution is 2.28. The van der Waals surface area contributed by atoms with Gasteiger partial charge in [0.2, 0.25) is 0 Å². The molecular weight excluding hydrogens is 424 g/mol. The molecule has 1 aromatic carbocycles. The summed E-state index contributed by atoms with van der Waals surface area (Å²) in [6, 6.07) is 8.62. The van der Waals surface area contributed by atoms with Crippen LogP contribution in [0.25, 0.3) is 11.3 Å². The Kier molecular flexibility index (Phi) is 5.32. The quantitative estimate of drug-likeness (QED) is 0.625. The lowest BCUT2D eigenvalue weighted by Gasteiger charge is -2.33. The van der Waals surface area contributed by atoms with E-state index in [1.54, 1.807) is 12.4 Å². The molecule has 0 radical (unpaired) electrons. The molecule has 28 heavy (non-hydrogen) atoms. The molecule has 0 aliphatic carbocycles. The van der Waals surface area contributed by atoms with Gasteiger partial charge in [0.1, 0.15) is 11.3 Å². The highest BCUT2D eigenvalue weighted by Gasteiger charge is 2.26. The Morgan fingerprint density at radius 2 is 1.96 bits per heavy atom. The molecular formula is C20H21BrN4O3. The number of pyridine rings is 1. The van der Waals surface area contributed by atoms with Crippen molar-refractivity contribution < 1.29 is 9.53 Å². The molecule has 3 aliphatic heterocycles. The number of benzene rings is 1. The summed E-state index contributed by atoms with van der Waals surface area (Å²) in [4.78, 5) is 26.6. The molecule has 3 heterocycles. The number of carbonyl (C=O) groups is 1. The molecule has 0 saturated carbocycles. The van der Waals surface area contributed by atoms with E-state index in [1.165, 1.54) is 12.7 Å². The molecule has 7 nitrogen and oxygen atoms in total. The van der Waals surface area contributed by atoms with E-state index < -0.39 is 5.97 Å². The van der Waals surface area contributed by atoms with Crippen molar-refractivity contribution in [2.45, 2.75) is 25.4 Å². The van der Waals surface area contributed by atoms with Crippen LogP contribution in [0.15, 0.2) is 45.9 Å². The molecule has 8 heteroatoms. The van der Waals surface area contributed by atoms with Gasteiger partial charge in [0.05, 0.1) is 12.7 Å². The maximum Gasteiger partial charge on any atom is 0.341 e. The number of ether oxygens (including phenoxy) is 1. The molecule has 1 N–H and O–H groups in total. The maximum atomic E-state index is 12.1. The smallest absolute Gasteiger partial charge is 0.341 e. The minimum Gasteiger partial charge on any atom is -0.465 e. The van der Waals surface area contributed by atoms with Gasteiger partial charge >= 0.3 is 5.97 Å². The molecule has 0 bridgehead atoms. The van der Waals surface area contributed by atoms with E-state index in [4.69, 9.17) is 4.74 Å². The minimum absolute atomic E-state index is 0.225. The van der Waals surface area contributed by atoms with Crippen molar-refractivity contribution in [2.75, 3.05) is 20.2 Å². The Balaban J connectivity index is 1.51. The molecule has 1 aromatic rings. The van der Waals surface area contributed by atoms with Gasteiger partial charge in [-0.2, -0.15) is 5.10 Å². The molecule has 0 unspecified atom stereocenters. The fourth-order valence-electron chi connectivity index (χ4n) is 3.75. The van der Waals surface area contributed by atoms with Gasteiger partial charge < -0.3 is 9.30 Å². The van der Waals surface area contributed by atoms with E-state index in [1.807, 2.05) is 4.57 Å². The summed E-state index contributed by atoms with van der Waals surface area (Å²) in [5, 5.41) is 6.40. The van der Waals surface area contributed by atoms with Crippen LogP contribution in [0.2, 0.25) is 0 Å². The zero-order valence-corrected chi connectivity index (χ0v) is 17.1. The zero-order valence-electron chi connectivity index (χ0n) is 15.5. The molecule has 4 rings (SSSR count). The number of methoxy groups -OCH3 is 1. The number of halogens is 1. The Hall–Kier alpha value is -2.45. The van der Waals surface area contributed by atoms with Gasteiger partial charge in [-0.05, 0) is 30.5 Å². The lowest BCUT2D eigenvalue weighted by Crippen LogP contribution is -2.34. The van der Waals surface area contributed by atoms with Crippen LogP contribution in [-0.4, -0.2) is 45.8 Å². The number of likely N-dealkylation sites (tertiary alicyclic amines) is 1. The highest BCUT2D eigenvalue weighted by molar-refractivity contribution is 9.10. The number of H-pyrrole nitrogens is 1. The first-order valence-electron chi connectivity index (χ1n) is 9.20. The number of rotatable bonds is 4. The molecule has 0 amide bonds. The SMILES string of the molecule is COC(=O)c1cn(C2CCN(Cc3ccc(Br)cc3)CC2)cc2c(=O)[nH]nc1-2. The number of hydrogen-bond donors (Lipinski definition) is 1. The fraction of sp³-hybridized carbons (Fsp3) is 0.350. The van der Waals surface area contributed by atoms with Crippen LogP contribution in [0, 0.1) is 0 Å². The molecule has 0 aromatic heterocycles. The van der Waals surface area contributed by atoms with Crippen molar-refractivity contribution in [3.05, 3.63) is 62.6 Å². The summed E-state index contributed by atoms with van der Waals surface area (Å²) in [6.07, 6.45) is 5.44. The van der Waals surface area contributed by atoms with E-state index in [9.17, 15) is 9.59 Å². The Bertz CT molecular complexity index is 1000. The Morgan fingerprint density at radius 1 is 1.25 bits per heavy atom. The number of carbonyl (C=O) groups excluding carboxylic acids is 1. The number of hydrogen-bond acceptors (Lipinski definition) is 5. The largest absolute Gasteiger partial charge is 0.465 e. The molecule has 0 atom stereocenters. The monoisotopic (exact) mass is 444 g/mol. The Morgan fingerprint density at radius 3 is 2.64 bits per heavy atom. The van der Waals surface area contributed by atoms with Crippen LogP contribution in [0.3, 0.4) is 0 Å². The van der Waals surface area contributed by atoms with Gasteiger partial charge in [-0.1, -0.05) is 28.1 Å². The number of fused-ring (bicyclic) bond motifs is 1. The van der Waals surface area contributed by atoms with Gasteiger partial charge in [0, 0.05) is 42.5 Å². The van der Waals surface area contributed by atoms with Crippen molar-refractivity contribution in [3.63, 3.8) is 0 Å². The molecule has 146 valence electrons. The van der Waals surface area contributed by atoms with E-state index in [0.717, 1.165) is 36.9 Å². The summed E-state index contributed by atoms with van der Waals surface area (Å²) >= 11 is 3.47. The second kappa shape index (κ2) is 7.89. The molecule has 3 aliphatic rings. The predicted octanol–water partition coefficient (Wildman–Crippen LogP) is 3.06. The van der Waals surface area contributed by atoms with Gasteiger partial charge in [0.15, 0.2) is 0 Å². The number of aromatic nitrogens is 3. The topological polar surface area (TPSA) is 80.2 Å².